The fraction of sp³-hybridized carbons (Fsp3) is 0.320. The Hall–Kier alpha value is -3.25. The van der Waals surface area contributed by atoms with Crippen molar-refractivity contribution in [3.05, 3.63) is 77.5 Å². The minimum Gasteiger partial charge on any atom is -0.326 e. The normalized spacial score (nSPS) is 23.5. The number of hydrogen-bond acceptors (Lipinski definition) is 4. The van der Waals surface area contributed by atoms with Crippen LogP contribution in [0.15, 0.2) is 60.8 Å². The molecule has 4 heterocycles. The van der Waals surface area contributed by atoms with Crippen molar-refractivity contribution >= 4 is 22.7 Å². The molecular weight excluding hydrogens is 388 g/mol. The molecule has 156 valence electrons. The standard InChI is InChI=1S/C25H24N4O2/c30-24-22-12-18-5-1-2-7-20(18)15-29(22)25(31)23-16-27(9-10-28(23)24)14-17-11-19-6-3-4-8-21(19)26-13-17/h1-8,11,13,22-23H,9-10,12,14-16H2. The summed E-state index contributed by atoms with van der Waals surface area (Å²) in [5.41, 5.74) is 4.46. The molecule has 0 bridgehead atoms. The number of hydrogen-bond donors (Lipinski definition) is 0. The van der Waals surface area contributed by atoms with E-state index in [9.17, 15) is 9.59 Å². The molecule has 31 heavy (non-hydrogen) atoms. The van der Waals surface area contributed by atoms with Crippen molar-refractivity contribution in [2.45, 2.75) is 31.6 Å². The Balaban J connectivity index is 1.22. The van der Waals surface area contributed by atoms with Gasteiger partial charge in [-0.05, 0) is 28.8 Å². The Morgan fingerprint density at radius 1 is 0.871 bits per heavy atom. The summed E-state index contributed by atoms with van der Waals surface area (Å²) in [4.78, 5) is 37.2. The third-order valence-corrected chi connectivity index (χ3v) is 6.90. The van der Waals surface area contributed by atoms with E-state index < -0.39 is 6.04 Å². The van der Waals surface area contributed by atoms with E-state index in [0.717, 1.165) is 35.1 Å². The molecule has 6 rings (SSSR count). The third kappa shape index (κ3) is 3.10. The molecule has 0 spiro atoms. The molecule has 0 saturated carbocycles. The monoisotopic (exact) mass is 412 g/mol. The second kappa shape index (κ2) is 7.17. The van der Waals surface area contributed by atoms with Gasteiger partial charge in [0.25, 0.3) is 0 Å². The lowest BCUT2D eigenvalue weighted by atomic mass is 9.89. The van der Waals surface area contributed by atoms with Crippen molar-refractivity contribution in [2.75, 3.05) is 19.6 Å². The molecule has 3 aliphatic heterocycles. The van der Waals surface area contributed by atoms with Gasteiger partial charge in [0, 0.05) is 50.7 Å². The van der Waals surface area contributed by atoms with Crippen molar-refractivity contribution in [1.82, 2.24) is 19.7 Å². The van der Waals surface area contributed by atoms with E-state index in [2.05, 4.69) is 34.1 Å². The predicted molar refractivity (Wildman–Crippen MR) is 117 cm³/mol. The van der Waals surface area contributed by atoms with Crippen molar-refractivity contribution < 1.29 is 9.59 Å². The minimum atomic E-state index is -0.392. The van der Waals surface area contributed by atoms with Crippen LogP contribution in [0.5, 0.6) is 0 Å². The van der Waals surface area contributed by atoms with Gasteiger partial charge < -0.3 is 9.80 Å². The number of pyridine rings is 1. The highest BCUT2D eigenvalue weighted by atomic mass is 16.2. The van der Waals surface area contributed by atoms with Crippen LogP contribution in [0.4, 0.5) is 0 Å². The van der Waals surface area contributed by atoms with Gasteiger partial charge >= 0.3 is 0 Å². The van der Waals surface area contributed by atoms with Gasteiger partial charge in [0.2, 0.25) is 11.8 Å². The topological polar surface area (TPSA) is 56.8 Å². The van der Waals surface area contributed by atoms with Crippen molar-refractivity contribution in [3.8, 4) is 0 Å². The molecule has 6 heteroatoms. The lowest BCUT2D eigenvalue weighted by molar-refractivity contribution is -0.167. The summed E-state index contributed by atoms with van der Waals surface area (Å²) >= 11 is 0. The quantitative estimate of drug-likeness (QED) is 0.648. The largest absolute Gasteiger partial charge is 0.326 e. The summed E-state index contributed by atoms with van der Waals surface area (Å²) in [6.45, 7) is 3.20. The molecule has 3 aromatic rings. The van der Waals surface area contributed by atoms with Crippen molar-refractivity contribution in [3.63, 3.8) is 0 Å². The van der Waals surface area contributed by atoms with Gasteiger partial charge in [-0.1, -0.05) is 42.5 Å². The second-order valence-electron chi connectivity index (χ2n) is 8.77. The number of fused-ring (bicyclic) bond motifs is 4. The number of benzene rings is 2. The number of piperazine rings is 2. The summed E-state index contributed by atoms with van der Waals surface area (Å²) in [6, 6.07) is 17.7. The Morgan fingerprint density at radius 3 is 2.55 bits per heavy atom. The SMILES string of the molecule is O=C1C2Cc3ccccc3CN2C(=O)C2CN(Cc3cnc4ccccc4c3)CCN12. The molecule has 6 nitrogen and oxygen atoms in total. The van der Waals surface area contributed by atoms with Crippen molar-refractivity contribution in [1.29, 1.82) is 0 Å². The van der Waals surface area contributed by atoms with Gasteiger partial charge in [0.05, 0.1) is 5.52 Å². The zero-order chi connectivity index (χ0) is 20.9. The molecule has 2 unspecified atom stereocenters. The molecule has 0 N–H and O–H groups in total. The average Bonchev–Trinajstić information content (AvgIpc) is 2.81. The number of carbonyl (C=O) groups excluding carboxylic acids is 2. The first-order valence-electron chi connectivity index (χ1n) is 10.9. The summed E-state index contributed by atoms with van der Waals surface area (Å²) < 4.78 is 0. The highest BCUT2D eigenvalue weighted by Gasteiger charge is 2.49. The highest BCUT2D eigenvalue weighted by Crippen LogP contribution is 2.31. The van der Waals surface area contributed by atoms with Gasteiger partial charge in [-0.25, -0.2) is 0 Å². The fourth-order valence-corrected chi connectivity index (χ4v) is 5.28. The molecule has 2 atom stereocenters. The van der Waals surface area contributed by atoms with E-state index in [1.807, 2.05) is 46.3 Å². The molecule has 0 aliphatic carbocycles. The number of carbonyl (C=O) groups is 2. The zero-order valence-electron chi connectivity index (χ0n) is 17.3. The van der Waals surface area contributed by atoms with Crippen LogP contribution in [-0.2, 0) is 29.1 Å². The number of amides is 2. The van der Waals surface area contributed by atoms with Gasteiger partial charge in [-0.15, -0.1) is 0 Å². The number of aromatic nitrogens is 1. The summed E-state index contributed by atoms with van der Waals surface area (Å²) in [5.74, 6) is 0.187. The molecule has 0 radical (unpaired) electrons. The van der Waals surface area contributed by atoms with Crippen LogP contribution in [0.25, 0.3) is 10.9 Å². The predicted octanol–water partition coefficient (Wildman–Crippen LogP) is 2.21. The molecule has 2 saturated heterocycles. The van der Waals surface area contributed by atoms with Crippen LogP contribution in [0.3, 0.4) is 0 Å². The minimum absolute atomic E-state index is 0.0837. The summed E-state index contributed by atoms with van der Waals surface area (Å²) in [6.07, 6.45) is 2.54. The molecule has 3 aliphatic rings. The van der Waals surface area contributed by atoms with Gasteiger partial charge in [0.1, 0.15) is 12.1 Å². The van der Waals surface area contributed by atoms with Crippen molar-refractivity contribution in [2.24, 2.45) is 0 Å². The number of para-hydroxylation sites is 1. The second-order valence-corrected chi connectivity index (χ2v) is 8.77. The van der Waals surface area contributed by atoms with Crippen LogP contribution in [0, 0.1) is 0 Å². The first kappa shape index (κ1) is 18.5. The van der Waals surface area contributed by atoms with Gasteiger partial charge in [-0.3, -0.25) is 19.5 Å². The fourth-order valence-electron chi connectivity index (χ4n) is 5.28. The first-order valence-corrected chi connectivity index (χ1v) is 10.9. The van der Waals surface area contributed by atoms with Crippen LogP contribution >= 0.6 is 0 Å². The maximum Gasteiger partial charge on any atom is 0.247 e. The lowest BCUT2D eigenvalue weighted by Gasteiger charge is -2.50. The molecule has 2 fully saturated rings. The molecule has 2 amide bonds. The van der Waals surface area contributed by atoms with Crippen LogP contribution in [-0.4, -0.2) is 63.2 Å². The summed E-state index contributed by atoms with van der Waals surface area (Å²) in [5, 5.41) is 1.12. The Morgan fingerprint density at radius 2 is 1.65 bits per heavy atom. The van der Waals surface area contributed by atoms with E-state index in [1.54, 1.807) is 0 Å². The third-order valence-electron chi connectivity index (χ3n) is 6.90. The molecule has 1 aromatic heterocycles. The Kier molecular flexibility index (Phi) is 4.28. The zero-order valence-corrected chi connectivity index (χ0v) is 17.3. The van der Waals surface area contributed by atoms with E-state index in [4.69, 9.17) is 0 Å². The number of rotatable bonds is 2. The van der Waals surface area contributed by atoms with E-state index in [1.165, 1.54) is 5.56 Å². The van der Waals surface area contributed by atoms with Crippen LogP contribution in [0.2, 0.25) is 0 Å². The van der Waals surface area contributed by atoms with E-state index >= 15 is 0 Å². The number of nitrogens with zero attached hydrogens (tertiary/aromatic N) is 4. The van der Waals surface area contributed by atoms with Crippen LogP contribution in [0.1, 0.15) is 16.7 Å². The van der Waals surface area contributed by atoms with Gasteiger partial charge in [0.15, 0.2) is 0 Å². The van der Waals surface area contributed by atoms with Crippen LogP contribution < -0.4 is 0 Å². The smallest absolute Gasteiger partial charge is 0.247 e. The highest BCUT2D eigenvalue weighted by molar-refractivity contribution is 5.98. The van der Waals surface area contributed by atoms with E-state index in [-0.39, 0.29) is 17.9 Å². The molecule has 2 aromatic carbocycles. The lowest BCUT2D eigenvalue weighted by Crippen LogP contribution is -2.70. The first-order chi connectivity index (χ1) is 15.2. The summed E-state index contributed by atoms with van der Waals surface area (Å²) in [7, 11) is 0. The average molecular weight is 412 g/mol. The molecular formula is C25H24N4O2. The van der Waals surface area contributed by atoms with E-state index in [0.29, 0.717) is 26.1 Å². The Labute approximate surface area is 181 Å². The van der Waals surface area contributed by atoms with Gasteiger partial charge in [-0.2, -0.15) is 0 Å². The maximum atomic E-state index is 13.4. The maximum absolute atomic E-state index is 13.4. The Bertz CT molecular complexity index is 1190.